The Bertz CT molecular complexity index is 845. The smallest absolute Gasteiger partial charge is 0.252 e. The van der Waals surface area contributed by atoms with Gasteiger partial charge < -0.3 is 9.72 Å². The number of rotatable bonds is 6. The van der Waals surface area contributed by atoms with Gasteiger partial charge in [-0.05, 0) is 54.8 Å². The summed E-state index contributed by atoms with van der Waals surface area (Å²) < 4.78 is 14.8. The summed E-state index contributed by atoms with van der Waals surface area (Å²) in [5, 5.41) is 2.92. The molecule has 0 radical (unpaired) electrons. The molecule has 0 saturated carbocycles. The number of hydrogen-bond donors (Lipinski definition) is 1. The predicted molar refractivity (Wildman–Crippen MR) is 95.9 cm³/mol. The van der Waals surface area contributed by atoms with Gasteiger partial charge in [0, 0.05) is 24.5 Å². The summed E-state index contributed by atoms with van der Waals surface area (Å²) in [6, 6.07) is 9.77. The van der Waals surface area contributed by atoms with E-state index in [-0.39, 0.29) is 11.7 Å². The number of thioether (sulfide) groups is 1. The van der Waals surface area contributed by atoms with Gasteiger partial charge in [-0.25, -0.2) is 9.37 Å². The van der Waals surface area contributed by atoms with E-state index in [1.54, 1.807) is 36.2 Å². The molecule has 4 nitrogen and oxygen atoms in total. The number of carbonyl (C=O) groups excluding carboxylic acids is 1. The largest absolute Gasteiger partial charge is 0.352 e. The molecule has 3 rings (SSSR count). The minimum Gasteiger partial charge on any atom is -0.352 e. The van der Waals surface area contributed by atoms with E-state index in [2.05, 4.69) is 10.3 Å². The standard InChI is InChI=1S/C18H18FN3OS/c1-24-10-2-9-20-18(23)14-5-8-17-21-16(12-22(17)11-14)13-3-6-15(19)7-4-13/h3-8,11-12H,2,9-10H2,1H3,(H,20,23). The third kappa shape index (κ3) is 3.76. The highest BCUT2D eigenvalue weighted by Crippen LogP contribution is 2.20. The summed E-state index contributed by atoms with van der Waals surface area (Å²) >= 11 is 1.77. The van der Waals surface area contributed by atoms with Crippen LogP contribution in [0.3, 0.4) is 0 Å². The maximum atomic E-state index is 13.0. The molecule has 2 aromatic heterocycles. The number of fused-ring (bicyclic) bond motifs is 1. The fourth-order valence-corrected chi connectivity index (χ4v) is 2.84. The molecular formula is C18H18FN3OS. The summed E-state index contributed by atoms with van der Waals surface area (Å²) in [7, 11) is 0. The van der Waals surface area contributed by atoms with E-state index in [1.165, 1.54) is 12.1 Å². The Balaban J connectivity index is 1.78. The molecule has 0 spiro atoms. The van der Waals surface area contributed by atoms with Crippen molar-refractivity contribution in [1.29, 1.82) is 0 Å². The summed E-state index contributed by atoms with van der Waals surface area (Å²) in [4.78, 5) is 16.7. The topological polar surface area (TPSA) is 46.4 Å². The Kier molecular flexibility index (Phi) is 5.15. The van der Waals surface area contributed by atoms with Gasteiger partial charge in [-0.15, -0.1) is 0 Å². The van der Waals surface area contributed by atoms with E-state index in [0.29, 0.717) is 12.1 Å². The molecule has 1 aromatic carbocycles. The van der Waals surface area contributed by atoms with E-state index in [9.17, 15) is 9.18 Å². The second kappa shape index (κ2) is 7.49. The number of aromatic nitrogens is 2. The molecule has 0 aliphatic carbocycles. The molecule has 0 bridgehead atoms. The van der Waals surface area contributed by atoms with Crippen LogP contribution in [-0.4, -0.2) is 33.8 Å². The maximum absolute atomic E-state index is 13.0. The van der Waals surface area contributed by atoms with E-state index in [0.717, 1.165) is 29.1 Å². The first-order valence-corrected chi connectivity index (χ1v) is 9.08. The van der Waals surface area contributed by atoms with Gasteiger partial charge in [0.25, 0.3) is 5.91 Å². The average Bonchev–Trinajstić information content (AvgIpc) is 3.02. The lowest BCUT2D eigenvalue weighted by Crippen LogP contribution is -2.25. The van der Waals surface area contributed by atoms with Gasteiger partial charge in [0.05, 0.1) is 11.3 Å². The van der Waals surface area contributed by atoms with E-state index >= 15 is 0 Å². The van der Waals surface area contributed by atoms with E-state index in [1.807, 2.05) is 22.9 Å². The van der Waals surface area contributed by atoms with E-state index < -0.39 is 0 Å². The molecular weight excluding hydrogens is 325 g/mol. The first-order chi connectivity index (χ1) is 11.7. The van der Waals surface area contributed by atoms with Gasteiger partial charge >= 0.3 is 0 Å². The Morgan fingerprint density at radius 1 is 1.21 bits per heavy atom. The van der Waals surface area contributed by atoms with Crippen molar-refractivity contribution in [2.75, 3.05) is 18.6 Å². The first-order valence-electron chi connectivity index (χ1n) is 7.69. The van der Waals surface area contributed by atoms with Gasteiger partial charge in [-0.2, -0.15) is 11.8 Å². The zero-order valence-corrected chi connectivity index (χ0v) is 14.1. The van der Waals surface area contributed by atoms with Crippen molar-refractivity contribution in [3.05, 3.63) is 60.2 Å². The van der Waals surface area contributed by atoms with Crippen molar-refractivity contribution in [3.8, 4) is 11.3 Å². The van der Waals surface area contributed by atoms with Crippen LogP contribution in [0.2, 0.25) is 0 Å². The van der Waals surface area contributed by atoms with Crippen molar-refractivity contribution >= 4 is 23.3 Å². The van der Waals surface area contributed by atoms with Crippen molar-refractivity contribution in [1.82, 2.24) is 14.7 Å². The average molecular weight is 343 g/mol. The number of pyridine rings is 1. The maximum Gasteiger partial charge on any atom is 0.252 e. The summed E-state index contributed by atoms with van der Waals surface area (Å²) in [6.45, 7) is 0.669. The highest BCUT2D eigenvalue weighted by Gasteiger charge is 2.09. The van der Waals surface area contributed by atoms with E-state index in [4.69, 9.17) is 0 Å². The van der Waals surface area contributed by atoms with Gasteiger partial charge in [-0.3, -0.25) is 4.79 Å². The minimum absolute atomic E-state index is 0.0879. The van der Waals surface area contributed by atoms with Crippen molar-refractivity contribution in [2.45, 2.75) is 6.42 Å². The fourth-order valence-electron chi connectivity index (χ4n) is 2.41. The van der Waals surface area contributed by atoms with Gasteiger partial charge in [0.2, 0.25) is 0 Å². The molecule has 124 valence electrons. The number of hydrogen-bond acceptors (Lipinski definition) is 3. The predicted octanol–water partition coefficient (Wildman–Crippen LogP) is 3.62. The number of nitrogens with one attached hydrogen (secondary N) is 1. The zero-order valence-electron chi connectivity index (χ0n) is 13.3. The molecule has 2 heterocycles. The first kappa shape index (κ1) is 16.5. The van der Waals surface area contributed by atoms with Crippen molar-refractivity contribution in [2.24, 2.45) is 0 Å². The quantitative estimate of drug-likeness (QED) is 0.695. The number of halogens is 1. The Hall–Kier alpha value is -2.34. The molecule has 0 aliphatic rings. The molecule has 1 amide bonds. The summed E-state index contributed by atoms with van der Waals surface area (Å²) in [6.07, 6.45) is 6.61. The second-order valence-corrected chi connectivity index (χ2v) is 6.40. The molecule has 0 unspecified atom stereocenters. The number of amides is 1. The van der Waals surface area contributed by atoms with Crippen LogP contribution in [0.1, 0.15) is 16.8 Å². The third-order valence-corrected chi connectivity index (χ3v) is 4.36. The van der Waals surface area contributed by atoms with Gasteiger partial charge in [0.15, 0.2) is 0 Å². The van der Waals surface area contributed by atoms with Crippen LogP contribution in [0.25, 0.3) is 16.9 Å². The lowest BCUT2D eigenvalue weighted by Gasteiger charge is -2.05. The van der Waals surface area contributed by atoms with Crippen LogP contribution in [0, 0.1) is 5.82 Å². The van der Waals surface area contributed by atoms with Crippen molar-refractivity contribution in [3.63, 3.8) is 0 Å². The number of nitrogens with zero attached hydrogens (tertiary/aromatic N) is 2. The number of imidazole rings is 1. The normalized spacial score (nSPS) is 10.9. The van der Waals surface area contributed by atoms with Gasteiger partial charge in [0.1, 0.15) is 11.5 Å². The van der Waals surface area contributed by atoms with Crippen LogP contribution >= 0.6 is 11.8 Å². The van der Waals surface area contributed by atoms with Crippen molar-refractivity contribution < 1.29 is 9.18 Å². The third-order valence-electron chi connectivity index (χ3n) is 3.66. The molecule has 0 aliphatic heterocycles. The van der Waals surface area contributed by atoms with Gasteiger partial charge in [-0.1, -0.05) is 0 Å². The van der Waals surface area contributed by atoms with Crippen LogP contribution in [-0.2, 0) is 0 Å². The number of carbonyl (C=O) groups is 1. The minimum atomic E-state index is -0.275. The molecule has 3 aromatic rings. The van der Waals surface area contributed by atoms with Crippen LogP contribution in [0.15, 0.2) is 48.8 Å². The zero-order chi connectivity index (χ0) is 16.9. The molecule has 0 saturated heterocycles. The second-order valence-electron chi connectivity index (χ2n) is 5.42. The molecule has 1 N–H and O–H groups in total. The lowest BCUT2D eigenvalue weighted by atomic mass is 10.2. The molecule has 24 heavy (non-hydrogen) atoms. The Labute approximate surface area is 144 Å². The molecule has 6 heteroatoms. The number of benzene rings is 1. The Morgan fingerprint density at radius 2 is 2.00 bits per heavy atom. The monoisotopic (exact) mass is 343 g/mol. The lowest BCUT2D eigenvalue weighted by molar-refractivity contribution is 0.0953. The summed E-state index contributed by atoms with van der Waals surface area (Å²) in [5.74, 6) is 0.667. The molecule has 0 atom stereocenters. The highest BCUT2D eigenvalue weighted by molar-refractivity contribution is 7.98. The SMILES string of the molecule is CSCCCNC(=O)c1ccc2nc(-c3ccc(F)cc3)cn2c1. The Morgan fingerprint density at radius 3 is 2.75 bits per heavy atom. The van der Waals surface area contributed by atoms with Crippen LogP contribution < -0.4 is 5.32 Å². The summed E-state index contributed by atoms with van der Waals surface area (Å²) in [5.41, 5.74) is 2.92. The molecule has 0 fully saturated rings. The van der Waals surface area contributed by atoms with Crippen LogP contribution in [0.4, 0.5) is 4.39 Å². The fraction of sp³-hybridized carbons (Fsp3) is 0.222. The highest BCUT2D eigenvalue weighted by atomic mass is 32.2. The van der Waals surface area contributed by atoms with Crippen LogP contribution in [0.5, 0.6) is 0 Å².